The summed E-state index contributed by atoms with van der Waals surface area (Å²) in [6.45, 7) is 0.193. The Balaban J connectivity index is 1.86. The summed E-state index contributed by atoms with van der Waals surface area (Å²) in [5.41, 5.74) is 1.51. The molecular weight excluding hydrogens is 308 g/mol. The second-order valence-corrected chi connectivity index (χ2v) is 4.63. The third-order valence-corrected chi connectivity index (χ3v) is 2.81. The highest BCUT2D eigenvalue weighted by atomic mass is 79.9. The van der Waals surface area contributed by atoms with Crippen LogP contribution in [-0.4, -0.2) is 6.09 Å². The van der Waals surface area contributed by atoms with Crippen molar-refractivity contribution in [3.63, 3.8) is 0 Å². The van der Waals surface area contributed by atoms with E-state index in [1.54, 1.807) is 12.1 Å². The van der Waals surface area contributed by atoms with Crippen LogP contribution < -0.4 is 0 Å². The lowest BCUT2D eigenvalue weighted by Gasteiger charge is -2.00. The van der Waals surface area contributed by atoms with Crippen molar-refractivity contribution < 1.29 is 9.53 Å². The fourth-order valence-corrected chi connectivity index (χ4v) is 1.62. The number of benzene rings is 2. The molecule has 0 atom stereocenters. The standard InChI is InChI=1S/C14H11BrN2O2/c15-12-6-8-13(9-7-12)16-17-14(18)19-10-11-4-2-1-3-5-11/h1-9H,10H2. The van der Waals surface area contributed by atoms with E-state index < -0.39 is 6.09 Å². The van der Waals surface area contributed by atoms with Crippen LogP contribution in [0, 0.1) is 0 Å². The van der Waals surface area contributed by atoms with Gasteiger partial charge in [0.05, 0.1) is 5.69 Å². The topological polar surface area (TPSA) is 51.0 Å². The first-order valence-electron chi connectivity index (χ1n) is 5.62. The molecule has 5 heteroatoms. The minimum absolute atomic E-state index is 0.193. The van der Waals surface area contributed by atoms with Crippen LogP contribution in [0.5, 0.6) is 0 Å². The predicted molar refractivity (Wildman–Crippen MR) is 75.3 cm³/mol. The maximum atomic E-state index is 11.4. The van der Waals surface area contributed by atoms with Gasteiger partial charge in [-0.3, -0.25) is 0 Å². The molecule has 0 bridgehead atoms. The van der Waals surface area contributed by atoms with E-state index in [-0.39, 0.29) is 6.61 Å². The van der Waals surface area contributed by atoms with Crippen molar-refractivity contribution in [1.29, 1.82) is 0 Å². The summed E-state index contributed by atoms with van der Waals surface area (Å²) in [5, 5.41) is 7.28. The summed E-state index contributed by atoms with van der Waals surface area (Å²) in [6, 6.07) is 16.6. The molecule has 0 fully saturated rings. The molecule has 19 heavy (non-hydrogen) atoms. The molecule has 0 radical (unpaired) electrons. The summed E-state index contributed by atoms with van der Waals surface area (Å²) in [4.78, 5) is 11.4. The molecule has 0 N–H and O–H groups in total. The van der Waals surface area contributed by atoms with Crippen LogP contribution in [0.3, 0.4) is 0 Å². The number of azo groups is 1. The van der Waals surface area contributed by atoms with E-state index in [1.807, 2.05) is 42.5 Å². The lowest BCUT2D eigenvalue weighted by molar-refractivity contribution is 0.149. The Bertz CT molecular complexity index is 568. The van der Waals surface area contributed by atoms with Crippen LogP contribution in [0.1, 0.15) is 5.56 Å². The van der Waals surface area contributed by atoms with Crippen LogP contribution in [0.2, 0.25) is 0 Å². The summed E-state index contributed by atoms with van der Waals surface area (Å²) in [5.74, 6) is 0. The van der Waals surface area contributed by atoms with Crippen LogP contribution in [-0.2, 0) is 11.3 Å². The Morgan fingerprint density at radius 3 is 2.42 bits per heavy atom. The van der Waals surface area contributed by atoms with Gasteiger partial charge in [-0.25, -0.2) is 4.79 Å². The largest absolute Gasteiger partial charge is 0.452 e. The SMILES string of the molecule is O=C(N=Nc1ccc(Br)cc1)OCc1ccccc1. The van der Waals surface area contributed by atoms with Gasteiger partial charge in [0.25, 0.3) is 0 Å². The van der Waals surface area contributed by atoms with Gasteiger partial charge in [0.2, 0.25) is 0 Å². The number of carbonyl (C=O) groups excluding carboxylic acids is 1. The zero-order valence-electron chi connectivity index (χ0n) is 9.99. The van der Waals surface area contributed by atoms with Crippen molar-refractivity contribution in [2.45, 2.75) is 6.61 Å². The van der Waals surface area contributed by atoms with Crippen molar-refractivity contribution >= 4 is 27.7 Å². The molecule has 0 aromatic heterocycles. The van der Waals surface area contributed by atoms with Gasteiger partial charge >= 0.3 is 6.09 Å². The Hall–Kier alpha value is -2.01. The Labute approximate surface area is 119 Å². The zero-order chi connectivity index (χ0) is 13.5. The lowest BCUT2D eigenvalue weighted by atomic mass is 10.2. The number of rotatable bonds is 3. The average molecular weight is 319 g/mol. The predicted octanol–water partition coefficient (Wildman–Crippen LogP) is 4.87. The van der Waals surface area contributed by atoms with Gasteiger partial charge in [0.15, 0.2) is 0 Å². The van der Waals surface area contributed by atoms with E-state index in [9.17, 15) is 4.79 Å². The third kappa shape index (κ3) is 4.63. The molecule has 0 spiro atoms. The maximum Gasteiger partial charge on any atom is 0.452 e. The molecule has 96 valence electrons. The second-order valence-electron chi connectivity index (χ2n) is 3.72. The Morgan fingerprint density at radius 1 is 1.05 bits per heavy atom. The van der Waals surface area contributed by atoms with Gasteiger partial charge in [-0.15, -0.1) is 5.11 Å². The van der Waals surface area contributed by atoms with E-state index >= 15 is 0 Å². The molecule has 0 unspecified atom stereocenters. The first kappa shape index (κ1) is 13.4. The molecule has 4 nitrogen and oxygen atoms in total. The maximum absolute atomic E-state index is 11.4. The van der Waals surface area contributed by atoms with Gasteiger partial charge in [0, 0.05) is 4.47 Å². The monoisotopic (exact) mass is 318 g/mol. The van der Waals surface area contributed by atoms with Crippen molar-refractivity contribution in [2.24, 2.45) is 10.2 Å². The normalized spacial score (nSPS) is 10.6. The highest BCUT2D eigenvalue weighted by Gasteiger charge is 2.00. The van der Waals surface area contributed by atoms with E-state index in [2.05, 4.69) is 26.2 Å². The van der Waals surface area contributed by atoms with Crippen LogP contribution in [0.15, 0.2) is 69.3 Å². The quantitative estimate of drug-likeness (QED) is 0.758. The summed E-state index contributed by atoms with van der Waals surface area (Å²) in [6.07, 6.45) is -0.702. The van der Waals surface area contributed by atoms with E-state index in [0.29, 0.717) is 5.69 Å². The minimum atomic E-state index is -0.702. The molecule has 2 aromatic carbocycles. The van der Waals surface area contributed by atoms with Crippen LogP contribution >= 0.6 is 15.9 Å². The first-order chi connectivity index (χ1) is 9.24. The number of hydrogen-bond acceptors (Lipinski definition) is 3. The number of ether oxygens (including phenoxy) is 1. The lowest BCUT2D eigenvalue weighted by Crippen LogP contribution is -1.98. The molecule has 0 heterocycles. The minimum Gasteiger partial charge on any atom is -0.442 e. The molecule has 1 amide bonds. The van der Waals surface area contributed by atoms with Gasteiger partial charge in [-0.1, -0.05) is 51.4 Å². The number of amides is 1. The number of nitrogens with zero attached hydrogens (tertiary/aromatic N) is 2. The molecule has 0 saturated heterocycles. The average Bonchev–Trinajstić information content (AvgIpc) is 2.45. The summed E-state index contributed by atoms with van der Waals surface area (Å²) >= 11 is 3.31. The second kappa shape index (κ2) is 6.80. The van der Waals surface area contributed by atoms with E-state index in [1.165, 1.54) is 0 Å². The van der Waals surface area contributed by atoms with Crippen LogP contribution in [0.25, 0.3) is 0 Å². The fourth-order valence-electron chi connectivity index (χ4n) is 1.35. The zero-order valence-corrected chi connectivity index (χ0v) is 11.6. The van der Waals surface area contributed by atoms with Crippen molar-refractivity contribution in [3.8, 4) is 0 Å². The van der Waals surface area contributed by atoms with Crippen LogP contribution in [0.4, 0.5) is 10.5 Å². The number of hydrogen-bond donors (Lipinski definition) is 0. The molecule has 2 rings (SSSR count). The van der Waals surface area contributed by atoms with Gasteiger partial charge in [0.1, 0.15) is 6.61 Å². The van der Waals surface area contributed by atoms with Crippen molar-refractivity contribution in [1.82, 2.24) is 0 Å². The highest BCUT2D eigenvalue weighted by molar-refractivity contribution is 9.10. The number of carbonyl (C=O) groups is 1. The highest BCUT2D eigenvalue weighted by Crippen LogP contribution is 2.17. The first-order valence-corrected chi connectivity index (χ1v) is 6.41. The molecular formula is C14H11BrN2O2. The molecule has 0 aliphatic rings. The molecule has 2 aromatic rings. The summed E-state index contributed by atoms with van der Waals surface area (Å²) < 4.78 is 5.91. The fraction of sp³-hybridized carbons (Fsp3) is 0.0714. The van der Waals surface area contributed by atoms with Gasteiger partial charge in [-0.05, 0) is 29.8 Å². The van der Waals surface area contributed by atoms with Gasteiger partial charge < -0.3 is 4.74 Å². The number of halogens is 1. The van der Waals surface area contributed by atoms with Crippen molar-refractivity contribution in [3.05, 3.63) is 64.6 Å². The van der Waals surface area contributed by atoms with E-state index in [0.717, 1.165) is 10.0 Å². The smallest absolute Gasteiger partial charge is 0.442 e. The van der Waals surface area contributed by atoms with Crippen molar-refractivity contribution in [2.75, 3.05) is 0 Å². The van der Waals surface area contributed by atoms with Gasteiger partial charge in [-0.2, -0.15) is 0 Å². The van der Waals surface area contributed by atoms with E-state index in [4.69, 9.17) is 4.74 Å². The third-order valence-electron chi connectivity index (χ3n) is 2.28. The Morgan fingerprint density at radius 2 is 1.74 bits per heavy atom. The molecule has 0 saturated carbocycles. The summed E-state index contributed by atoms with van der Waals surface area (Å²) in [7, 11) is 0. The Kier molecular flexibility index (Phi) is 4.80. The molecule has 0 aliphatic heterocycles. The molecule has 0 aliphatic carbocycles.